The molecule has 0 atom stereocenters. The first-order valence-corrected chi connectivity index (χ1v) is 9.63. The van der Waals surface area contributed by atoms with E-state index in [2.05, 4.69) is 20.8 Å². The molecule has 0 amide bonds. The fraction of sp³-hybridized carbons (Fsp3) is 0.389. The number of thiocarbonyl (C=S) groups is 1. The van der Waals surface area contributed by atoms with Gasteiger partial charge in [-0.25, -0.2) is 4.98 Å². The van der Waals surface area contributed by atoms with Crippen molar-refractivity contribution in [2.45, 2.75) is 45.6 Å². The second-order valence-corrected chi connectivity index (χ2v) is 7.65. The number of phenolic OH excluding ortho intramolecular Hbond substituents is 1. The number of thiazole rings is 1. The Morgan fingerprint density at radius 1 is 1.28 bits per heavy atom. The molecular formula is C18H22N4OS2. The van der Waals surface area contributed by atoms with E-state index in [0.717, 1.165) is 26.9 Å². The molecular weight excluding hydrogens is 352 g/mol. The van der Waals surface area contributed by atoms with Gasteiger partial charge in [-0.1, -0.05) is 12.8 Å². The normalized spacial score (nSPS) is 15.4. The fourth-order valence-corrected chi connectivity index (χ4v) is 4.16. The van der Waals surface area contributed by atoms with E-state index in [0.29, 0.717) is 11.2 Å². The topological polar surface area (TPSA) is 69.5 Å². The van der Waals surface area contributed by atoms with Crippen molar-refractivity contribution in [2.75, 3.05) is 0 Å². The van der Waals surface area contributed by atoms with Gasteiger partial charge >= 0.3 is 0 Å². The van der Waals surface area contributed by atoms with Crippen LogP contribution in [0.4, 0.5) is 0 Å². The van der Waals surface area contributed by atoms with Gasteiger partial charge in [0.25, 0.3) is 0 Å². The number of phenols is 1. The zero-order valence-electron chi connectivity index (χ0n) is 14.4. The van der Waals surface area contributed by atoms with Gasteiger partial charge in [0.15, 0.2) is 5.11 Å². The summed E-state index contributed by atoms with van der Waals surface area (Å²) in [5.41, 5.74) is 5.72. The van der Waals surface area contributed by atoms with Gasteiger partial charge in [0.1, 0.15) is 10.8 Å². The monoisotopic (exact) mass is 374 g/mol. The second kappa shape index (κ2) is 7.93. The maximum absolute atomic E-state index is 9.41. The molecule has 1 aromatic heterocycles. The molecule has 3 rings (SSSR count). The highest BCUT2D eigenvalue weighted by Gasteiger charge is 2.16. The lowest BCUT2D eigenvalue weighted by atomic mass is 10.2. The van der Waals surface area contributed by atoms with E-state index < -0.39 is 0 Å². The number of rotatable bonds is 4. The summed E-state index contributed by atoms with van der Waals surface area (Å²) >= 11 is 6.90. The van der Waals surface area contributed by atoms with E-state index in [4.69, 9.17) is 12.2 Å². The molecule has 0 saturated heterocycles. The van der Waals surface area contributed by atoms with Crippen LogP contribution >= 0.6 is 23.6 Å². The minimum absolute atomic E-state index is 0.252. The molecule has 1 aliphatic rings. The third-order valence-corrected chi connectivity index (χ3v) is 5.78. The van der Waals surface area contributed by atoms with Crippen molar-refractivity contribution < 1.29 is 5.11 Å². The second-order valence-electron chi connectivity index (χ2n) is 6.24. The van der Waals surface area contributed by atoms with E-state index in [-0.39, 0.29) is 5.75 Å². The van der Waals surface area contributed by atoms with Gasteiger partial charge < -0.3 is 10.4 Å². The van der Waals surface area contributed by atoms with Crippen LogP contribution in [0.15, 0.2) is 29.4 Å². The average Bonchev–Trinajstić information content (AvgIpc) is 3.23. The molecule has 132 valence electrons. The van der Waals surface area contributed by atoms with Crippen LogP contribution in [0.1, 0.15) is 43.2 Å². The van der Waals surface area contributed by atoms with Crippen molar-refractivity contribution in [1.82, 2.24) is 15.7 Å². The first-order valence-electron chi connectivity index (χ1n) is 8.41. The van der Waals surface area contributed by atoms with E-state index >= 15 is 0 Å². The number of nitrogens with one attached hydrogen (secondary N) is 2. The summed E-state index contributed by atoms with van der Waals surface area (Å²) in [5, 5.41) is 18.6. The number of nitrogens with zero attached hydrogens (tertiary/aromatic N) is 2. The maximum atomic E-state index is 9.41. The molecule has 1 fully saturated rings. The molecule has 5 nitrogen and oxygen atoms in total. The fourth-order valence-electron chi connectivity index (χ4n) is 2.93. The predicted octanol–water partition coefficient (Wildman–Crippen LogP) is 3.95. The van der Waals surface area contributed by atoms with Crippen molar-refractivity contribution in [1.29, 1.82) is 0 Å². The molecule has 0 unspecified atom stereocenters. The molecule has 1 saturated carbocycles. The van der Waals surface area contributed by atoms with Gasteiger partial charge in [-0.2, -0.15) is 5.10 Å². The van der Waals surface area contributed by atoms with Crippen LogP contribution in [0.5, 0.6) is 5.75 Å². The van der Waals surface area contributed by atoms with Crippen LogP contribution in [0, 0.1) is 6.92 Å². The van der Waals surface area contributed by atoms with Gasteiger partial charge in [0.05, 0.1) is 16.3 Å². The molecule has 0 radical (unpaired) electrons. The number of benzene rings is 1. The number of aryl methyl sites for hydroxylation is 1. The summed E-state index contributed by atoms with van der Waals surface area (Å²) in [4.78, 5) is 5.65. The molecule has 1 aliphatic carbocycles. The predicted molar refractivity (Wildman–Crippen MR) is 107 cm³/mol. The highest BCUT2D eigenvalue weighted by molar-refractivity contribution is 7.80. The molecule has 0 spiro atoms. The van der Waals surface area contributed by atoms with Crippen LogP contribution in [0.3, 0.4) is 0 Å². The lowest BCUT2D eigenvalue weighted by Gasteiger charge is -2.13. The Morgan fingerprint density at radius 2 is 1.96 bits per heavy atom. The van der Waals surface area contributed by atoms with Gasteiger partial charge in [-0.05, 0) is 63.2 Å². The molecule has 2 aromatic rings. The summed E-state index contributed by atoms with van der Waals surface area (Å²) in [5.74, 6) is 0.252. The summed E-state index contributed by atoms with van der Waals surface area (Å²) < 4.78 is 0. The molecule has 3 N–H and O–H groups in total. The summed E-state index contributed by atoms with van der Waals surface area (Å²) in [6.07, 6.45) is 4.88. The van der Waals surface area contributed by atoms with Gasteiger partial charge in [0.2, 0.25) is 0 Å². The number of hydrogen-bond donors (Lipinski definition) is 3. The third-order valence-electron chi connectivity index (χ3n) is 4.25. The Hall–Kier alpha value is -1.99. The van der Waals surface area contributed by atoms with Gasteiger partial charge in [0, 0.05) is 11.6 Å². The van der Waals surface area contributed by atoms with Crippen LogP contribution < -0.4 is 10.7 Å². The van der Waals surface area contributed by atoms with E-state index in [1.807, 2.05) is 26.0 Å². The van der Waals surface area contributed by atoms with Crippen molar-refractivity contribution in [2.24, 2.45) is 5.10 Å². The first-order chi connectivity index (χ1) is 12.0. The Kier molecular flexibility index (Phi) is 5.65. The van der Waals surface area contributed by atoms with Crippen molar-refractivity contribution >= 4 is 34.4 Å². The summed E-state index contributed by atoms with van der Waals surface area (Å²) in [6, 6.07) is 7.54. The highest BCUT2D eigenvalue weighted by atomic mass is 32.1. The SMILES string of the molecule is C/C(=N\NC(=S)NC1CCCC1)c1sc(-c2ccc(O)cc2)nc1C. The number of aromatic hydroxyl groups is 1. The van der Waals surface area contributed by atoms with E-state index in [9.17, 15) is 5.11 Å². The highest BCUT2D eigenvalue weighted by Crippen LogP contribution is 2.29. The zero-order chi connectivity index (χ0) is 17.8. The summed E-state index contributed by atoms with van der Waals surface area (Å²) in [6.45, 7) is 3.93. The molecule has 1 aromatic carbocycles. The lowest BCUT2D eigenvalue weighted by Crippen LogP contribution is -2.38. The molecule has 7 heteroatoms. The molecule has 1 heterocycles. The smallest absolute Gasteiger partial charge is 0.187 e. The van der Waals surface area contributed by atoms with Crippen LogP contribution in [-0.4, -0.2) is 27.0 Å². The van der Waals surface area contributed by atoms with Crippen molar-refractivity contribution in [3.63, 3.8) is 0 Å². The Bertz CT molecular complexity index is 777. The Balaban J connectivity index is 1.67. The third kappa shape index (κ3) is 4.55. The average molecular weight is 375 g/mol. The van der Waals surface area contributed by atoms with E-state index in [1.54, 1.807) is 23.5 Å². The van der Waals surface area contributed by atoms with Crippen molar-refractivity contribution in [3.8, 4) is 16.3 Å². The molecule has 0 aliphatic heterocycles. The first kappa shape index (κ1) is 17.8. The van der Waals surface area contributed by atoms with Gasteiger partial charge in [-0.3, -0.25) is 5.43 Å². The van der Waals surface area contributed by atoms with Crippen LogP contribution in [-0.2, 0) is 0 Å². The van der Waals surface area contributed by atoms with E-state index in [1.165, 1.54) is 25.7 Å². The minimum atomic E-state index is 0.252. The van der Waals surface area contributed by atoms with Crippen LogP contribution in [0.25, 0.3) is 10.6 Å². The van der Waals surface area contributed by atoms with Crippen LogP contribution in [0.2, 0.25) is 0 Å². The lowest BCUT2D eigenvalue weighted by molar-refractivity contribution is 0.475. The van der Waals surface area contributed by atoms with Crippen molar-refractivity contribution in [3.05, 3.63) is 34.8 Å². The molecule has 0 bridgehead atoms. The molecule has 25 heavy (non-hydrogen) atoms. The number of hydrazone groups is 1. The Morgan fingerprint density at radius 3 is 2.64 bits per heavy atom. The summed E-state index contributed by atoms with van der Waals surface area (Å²) in [7, 11) is 0. The zero-order valence-corrected chi connectivity index (χ0v) is 16.0. The standard InChI is InChI=1S/C18H22N4OS2/c1-11-16(25-17(19-11)13-7-9-15(23)10-8-13)12(2)21-22-18(24)20-14-5-3-4-6-14/h7-10,14,23H,3-6H2,1-2H3,(H2,20,22,24)/b21-12+. The maximum Gasteiger partial charge on any atom is 0.187 e. The number of aromatic nitrogens is 1. The van der Waals surface area contributed by atoms with Gasteiger partial charge in [-0.15, -0.1) is 11.3 Å². The minimum Gasteiger partial charge on any atom is -0.508 e. The number of hydrogen-bond acceptors (Lipinski definition) is 5. The Labute approximate surface area is 157 Å². The largest absolute Gasteiger partial charge is 0.508 e. The quantitative estimate of drug-likeness (QED) is 0.429.